The van der Waals surface area contributed by atoms with Gasteiger partial charge in [-0.15, -0.1) is 0 Å². The average Bonchev–Trinajstić information content (AvgIpc) is 3.64. The first-order chi connectivity index (χ1) is 15.4. The van der Waals surface area contributed by atoms with Crippen molar-refractivity contribution >= 4 is 23.8 Å². The molecule has 4 aromatic rings. The van der Waals surface area contributed by atoms with E-state index in [-0.39, 0.29) is 16.5 Å². The number of fused-ring (bicyclic) bond motifs is 2. The van der Waals surface area contributed by atoms with Crippen LogP contribution >= 0.6 is 7.92 Å². The molecule has 0 N–H and O–H groups in total. The Morgan fingerprint density at radius 2 is 1.00 bits per heavy atom. The molecule has 0 aliphatic heterocycles. The van der Waals surface area contributed by atoms with Crippen molar-refractivity contribution in [1.29, 1.82) is 0 Å². The van der Waals surface area contributed by atoms with E-state index in [0.717, 1.165) is 5.92 Å². The first-order valence-electron chi connectivity index (χ1n) is 11.4. The van der Waals surface area contributed by atoms with Crippen LogP contribution in [0.1, 0.15) is 32.1 Å². The number of hydrogen-bond acceptors (Lipinski definition) is 0. The van der Waals surface area contributed by atoms with E-state index in [4.69, 9.17) is 0 Å². The Hall–Kier alpha value is -2.07. The van der Waals surface area contributed by atoms with Crippen molar-refractivity contribution in [3.05, 3.63) is 127 Å². The van der Waals surface area contributed by atoms with E-state index in [1.165, 1.54) is 48.0 Å². The molecule has 4 aromatic carbocycles. The quantitative estimate of drug-likeness (QED) is 0.173. The Balaban J connectivity index is 0.000000180. The summed E-state index contributed by atoms with van der Waals surface area (Å²) in [5.74, 6) is 3.00. The molecule has 32 heavy (non-hydrogen) atoms. The van der Waals surface area contributed by atoms with E-state index < -0.39 is 7.92 Å². The molecule has 0 saturated heterocycles. The third-order valence-corrected chi connectivity index (χ3v) is 8.86. The van der Waals surface area contributed by atoms with Crippen molar-refractivity contribution in [2.24, 2.45) is 5.92 Å². The molecule has 2 aliphatic carbocycles. The van der Waals surface area contributed by atoms with Crippen molar-refractivity contribution in [3.63, 3.8) is 0 Å². The second-order valence-corrected chi connectivity index (χ2v) is 10.8. The largest absolute Gasteiger partial charge is 0.313 e. The smallest absolute Gasteiger partial charge is 0.102 e. The molecule has 0 nitrogen and oxygen atoms in total. The van der Waals surface area contributed by atoms with Gasteiger partial charge in [0.2, 0.25) is 0 Å². The van der Waals surface area contributed by atoms with Crippen LogP contribution in [-0.2, 0) is 16.5 Å². The maximum Gasteiger partial charge on any atom is 0.102 e. The van der Waals surface area contributed by atoms with Gasteiger partial charge < -0.3 is 5.92 Å². The molecule has 0 spiro atoms. The molecule has 0 unspecified atom stereocenters. The fourth-order valence-electron chi connectivity index (χ4n) is 4.54. The van der Waals surface area contributed by atoms with Crippen LogP contribution in [0.5, 0.6) is 0 Å². The summed E-state index contributed by atoms with van der Waals surface area (Å²) in [7, 11) is -0.877. The minimum absolute atomic E-state index is 0. The fourth-order valence-corrected chi connectivity index (χ4v) is 7.11. The Kier molecular flexibility index (Phi) is 10.3. The molecule has 0 aromatic heterocycles. The molecule has 2 aliphatic rings. The van der Waals surface area contributed by atoms with Gasteiger partial charge in [0.25, 0.3) is 0 Å². The Bertz CT molecular complexity index is 838. The van der Waals surface area contributed by atoms with Crippen LogP contribution in [0.4, 0.5) is 0 Å². The van der Waals surface area contributed by atoms with Gasteiger partial charge in [0, 0.05) is 16.5 Å². The molecule has 2 fully saturated rings. The van der Waals surface area contributed by atoms with Gasteiger partial charge in [0.05, 0.1) is 7.92 Å². The molecule has 2 saturated carbocycles. The van der Waals surface area contributed by atoms with Gasteiger partial charge >= 0.3 is 0 Å². The normalized spacial score (nSPS) is 14.7. The van der Waals surface area contributed by atoms with Crippen molar-refractivity contribution in [1.82, 2.24) is 0 Å². The first-order valence-corrected chi connectivity index (χ1v) is 12.9. The standard InChI is InChI=1S/C18H15P.C7H11.C5H5.Ni/c1-4-10-16(11-5-1)19(17-12-6-2-7-13-17)18-14-8-3-9-15-18;1-2-7-4-3-6(1)5-7;1-2-4-5-3-1;/h1-15H;6H,1-5H2;1-5H;/q;2*-1;/p+1. The predicted molar refractivity (Wildman–Crippen MR) is 138 cm³/mol. The monoisotopic (exact) mass is 481 g/mol. The zero-order valence-electron chi connectivity index (χ0n) is 18.5. The number of rotatable bonds is 3. The minimum atomic E-state index is -0.877. The van der Waals surface area contributed by atoms with Gasteiger partial charge in [-0.2, -0.15) is 37.5 Å². The first kappa shape index (κ1) is 24.6. The van der Waals surface area contributed by atoms with Gasteiger partial charge in [-0.25, -0.2) is 12.1 Å². The third kappa shape index (κ3) is 7.23. The second kappa shape index (κ2) is 13.5. The molecular formula is C30H32NiP-. The Labute approximate surface area is 205 Å². The van der Waals surface area contributed by atoms with Crippen molar-refractivity contribution in [2.45, 2.75) is 32.1 Å². The van der Waals surface area contributed by atoms with Crippen LogP contribution < -0.4 is 15.9 Å². The van der Waals surface area contributed by atoms with Gasteiger partial charge in [-0.3, -0.25) is 0 Å². The van der Waals surface area contributed by atoms with Crippen molar-refractivity contribution < 1.29 is 16.5 Å². The van der Waals surface area contributed by atoms with E-state index in [2.05, 4.69) is 91.0 Å². The average molecular weight is 482 g/mol. The van der Waals surface area contributed by atoms with Crippen LogP contribution in [0, 0.1) is 11.8 Å². The van der Waals surface area contributed by atoms with E-state index in [0.29, 0.717) is 0 Å². The summed E-state index contributed by atoms with van der Waals surface area (Å²) in [6.45, 7) is 0. The minimum Gasteiger partial charge on any atom is -0.313 e. The van der Waals surface area contributed by atoms with Crippen molar-refractivity contribution in [3.8, 4) is 0 Å². The molecule has 0 atom stereocenters. The zero-order valence-corrected chi connectivity index (χ0v) is 20.5. The van der Waals surface area contributed by atoms with E-state index in [1.807, 2.05) is 36.2 Å². The van der Waals surface area contributed by atoms with Crippen molar-refractivity contribution in [2.75, 3.05) is 0 Å². The number of hydrogen-bond donors (Lipinski definition) is 0. The van der Waals surface area contributed by atoms with Crippen LogP contribution in [0.15, 0.2) is 121 Å². The van der Waals surface area contributed by atoms with E-state index in [1.54, 1.807) is 0 Å². The maximum absolute atomic E-state index is 2.24. The Morgan fingerprint density at radius 1 is 0.594 bits per heavy atom. The Morgan fingerprint density at radius 3 is 1.22 bits per heavy atom. The zero-order chi connectivity index (χ0) is 21.1. The summed E-state index contributed by atoms with van der Waals surface area (Å²) < 4.78 is 0. The summed E-state index contributed by atoms with van der Waals surface area (Å²) >= 11 is 0. The van der Waals surface area contributed by atoms with E-state index in [9.17, 15) is 0 Å². The van der Waals surface area contributed by atoms with E-state index >= 15 is 0 Å². The van der Waals surface area contributed by atoms with Crippen LogP contribution in [0.3, 0.4) is 0 Å². The topological polar surface area (TPSA) is 0 Å². The van der Waals surface area contributed by atoms with Gasteiger partial charge in [-0.1, -0.05) is 73.4 Å². The summed E-state index contributed by atoms with van der Waals surface area (Å²) in [5, 5.41) is 4.31. The predicted octanol–water partition coefficient (Wildman–Crippen LogP) is 6.73. The maximum atomic E-state index is 2.24. The van der Waals surface area contributed by atoms with Gasteiger partial charge in [-0.05, 0) is 36.4 Å². The molecule has 168 valence electrons. The molecule has 0 amide bonds. The summed E-state index contributed by atoms with van der Waals surface area (Å²) in [6.07, 6.45) is 7.50. The number of benzene rings is 3. The molecule has 2 bridgehead atoms. The summed E-state index contributed by atoms with van der Waals surface area (Å²) in [5.41, 5.74) is 0. The van der Waals surface area contributed by atoms with Crippen LogP contribution in [0.2, 0.25) is 0 Å². The van der Waals surface area contributed by atoms with Gasteiger partial charge in [0.1, 0.15) is 15.9 Å². The fraction of sp³-hybridized carbons (Fsp3) is 0.200. The summed E-state index contributed by atoms with van der Waals surface area (Å²) in [6, 6.07) is 42.5. The molecule has 0 radical (unpaired) electrons. The molecule has 6 rings (SSSR count). The van der Waals surface area contributed by atoms with Gasteiger partial charge in [0.15, 0.2) is 0 Å². The third-order valence-electron chi connectivity index (χ3n) is 6.13. The second-order valence-electron chi connectivity index (χ2n) is 8.33. The molecular weight excluding hydrogens is 450 g/mol. The SMILES string of the molecule is C1CC2CC[C-]1C2.[Ni].c1cc[cH-]c1.c1ccc([PH+](c2ccccc2)c2ccccc2)cc1. The molecule has 2 heteroatoms. The molecule has 0 heterocycles. The van der Waals surface area contributed by atoms with Crippen LogP contribution in [-0.4, -0.2) is 0 Å². The summed E-state index contributed by atoms with van der Waals surface area (Å²) in [4.78, 5) is 0. The van der Waals surface area contributed by atoms with Crippen LogP contribution in [0.25, 0.3) is 0 Å².